The maximum absolute atomic E-state index is 13.0. The van der Waals surface area contributed by atoms with Crippen LogP contribution in [-0.4, -0.2) is 23.0 Å². The number of hydrogen-bond donors (Lipinski definition) is 2. The number of rotatable bonds is 5. The van der Waals surface area contributed by atoms with Crippen molar-refractivity contribution < 1.29 is 13.9 Å². The first-order valence-corrected chi connectivity index (χ1v) is 11.7. The van der Waals surface area contributed by atoms with Crippen LogP contribution in [0.5, 0.6) is 5.88 Å². The molecule has 0 saturated heterocycles. The summed E-state index contributed by atoms with van der Waals surface area (Å²) in [5, 5.41) is 7.02. The van der Waals surface area contributed by atoms with Crippen molar-refractivity contribution >= 4 is 44.4 Å². The SMILES string of the molecule is COc1ccc(-c2ccc3c(c2)c2oc3c3ccc(C(=O)NCc4c(C)cc(N)nc4C)cc32)cn1. The molecule has 3 N–H and O–H groups in total. The van der Waals surface area contributed by atoms with Gasteiger partial charge in [0.2, 0.25) is 5.88 Å². The Morgan fingerprint density at radius 2 is 1.67 bits per heavy atom. The van der Waals surface area contributed by atoms with Crippen molar-refractivity contribution in [3.05, 3.63) is 83.2 Å². The molecule has 36 heavy (non-hydrogen) atoms. The molecule has 0 radical (unpaired) electrons. The summed E-state index contributed by atoms with van der Waals surface area (Å²) in [6.07, 6.45) is 1.79. The van der Waals surface area contributed by atoms with E-state index in [1.165, 1.54) is 0 Å². The molecule has 6 rings (SSSR count). The zero-order chi connectivity index (χ0) is 25.0. The predicted molar refractivity (Wildman–Crippen MR) is 141 cm³/mol. The minimum atomic E-state index is -0.153. The Morgan fingerprint density at radius 3 is 2.39 bits per heavy atom. The predicted octanol–water partition coefficient (Wildman–Crippen LogP) is 5.77. The van der Waals surface area contributed by atoms with Gasteiger partial charge in [0.1, 0.15) is 17.0 Å². The van der Waals surface area contributed by atoms with E-state index in [2.05, 4.69) is 33.5 Å². The largest absolute Gasteiger partial charge is 0.481 e. The monoisotopic (exact) mass is 476 g/mol. The van der Waals surface area contributed by atoms with E-state index in [0.29, 0.717) is 23.8 Å². The Balaban J connectivity index is 1.34. The van der Waals surface area contributed by atoms with E-state index in [-0.39, 0.29) is 5.91 Å². The smallest absolute Gasteiger partial charge is 0.251 e. The van der Waals surface area contributed by atoms with Crippen LogP contribution in [0.4, 0.5) is 5.82 Å². The number of aryl methyl sites for hydroxylation is 2. The summed E-state index contributed by atoms with van der Waals surface area (Å²) in [6.45, 7) is 4.25. The van der Waals surface area contributed by atoms with E-state index in [0.717, 1.165) is 60.7 Å². The highest BCUT2D eigenvalue weighted by Crippen LogP contribution is 2.42. The Hall–Kier alpha value is -4.65. The number of anilines is 1. The first-order valence-electron chi connectivity index (χ1n) is 11.7. The average Bonchev–Trinajstić information content (AvgIpc) is 3.45. The van der Waals surface area contributed by atoms with Crippen LogP contribution in [0.25, 0.3) is 43.8 Å². The molecule has 4 aromatic heterocycles. The summed E-state index contributed by atoms with van der Waals surface area (Å²) in [5.41, 5.74) is 12.8. The van der Waals surface area contributed by atoms with Gasteiger partial charge in [-0.3, -0.25) is 4.79 Å². The summed E-state index contributed by atoms with van der Waals surface area (Å²) in [5.74, 6) is 0.903. The van der Waals surface area contributed by atoms with Crippen molar-refractivity contribution in [3.63, 3.8) is 0 Å². The summed E-state index contributed by atoms with van der Waals surface area (Å²) < 4.78 is 11.4. The zero-order valence-electron chi connectivity index (χ0n) is 20.2. The molecule has 0 fully saturated rings. The topological polar surface area (TPSA) is 103 Å². The molecular weight excluding hydrogens is 452 g/mol. The number of carbonyl (C=O) groups is 1. The van der Waals surface area contributed by atoms with Gasteiger partial charge in [-0.1, -0.05) is 6.07 Å². The summed E-state index contributed by atoms with van der Waals surface area (Å²) in [4.78, 5) is 21.6. The number of nitrogens with zero attached hydrogens (tertiary/aromatic N) is 2. The number of nitrogens with two attached hydrogens (primary N) is 1. The Morgan fingerprint density at radius 1 is 0.944 bits per heavy atom. The lowest BCUT2D eigenvalue weighted by Gasteiger charge is -2.11. The highest BCUT2D eigenvalue weighted by Gasteiger charge is 2.19. The normalized spacial score (nSPS) is 11.5. The van der Waals surface area contributed by atoms with Gasteiger partial charge in [-0.15, -0.1) is 0 Å². The van der Waals surface area contributed by atoms with E-state index in [1.54, 1.807) is 13.3 Å². The van der Waals surface area contributed by atoms with E-state index >= 15 is 0 Å². The van der Waals surface area contributed by atoms with Crippen molar-refractivity contribution in [3.8, 4) is 17.0 Å². The van der Waals surface area contributed by atoms with E-state index in [9.17, 15) is 4.79 Å². The molecule has 7 heteroatoms. The van der Waals surface area contributed by atoms with Gasteiger partial charge in [-0.25, -0.2) is 9.97 Å². The molecule has 2 aromatic carbocycles. The second kappa shape index (κ2) is 8.23. The third-order valence-corrected chi connectivity index (χ3v) is 6.76. The minimum Gasteiger partial charge on any atom is -0.481 e. The van der Waals surface area contributed by atoms with Crippen LogP contribution in [0.3, 0.4) is 0 Å². The number of pyridine rings is 2. The molecule has 0 unspecified atom stereocenters. The fraction of sp³-hybridized carbons (Fsp3) is 0.138. The highest BCUT2D eigenvalue weighted by molar-refractivity contribution is 6.26. The number of hydrogen-bond acceptors (Lipinski definition) is 6. The Bertz CT molecular complexity index is 1750. The van der Waals surface area contributed by atoms with Gasteiger partial charge in [0, 0.05) is 57.2 Å². The lowest BCUT2D eigenvalue weighted by atomic mass is 9.98. The standard InChI is InChI=1S/C29H24N4O3/c1-15-10-25(30)33-16(2)24(15)14-32-29(34)18-5-8-21-23(12-18)28-22-11-17(4-7-20(22)27(21)36-28)19-6-9-26(35-3)31-13-19/h4-13H,14H2,1-3H3,(H2,30,33)(H,32,34). The van der Waals surface area contributed by atoms with Gasteiger partial charge < -0.3 is 20.2 Å². The summed E-state index contributed by atoms with van der Waals surface area (Å²) in [6, 6.07) is 17.6. The molecule has 0 atom stereocenters. The molecule has 0 aliphatic heterocycles. The van der Waals surface area contributed by atoms with Gasteiger partial charge in [0.05, 0.1) is 7.11 Å². The number of aromatic nitrogens is 2. The fourth-order valence-corrected chi connectivity index (χ4v) is 4.89. The third kappa shape index (κ3) is 3.48. The molecule has 4 heterocycles. The molecule has 2 bridgehead atoms. The van der Waals surface area contributed by atoms with Gasteiger partial charge in [0.15, 0.2) is 0 Å². The number of fused-ring (bicyclic) bond motifs is 8. The molecular formula is C29H24N4O3. The minimum absolute atomic E-state index is 0.153. The van der Waals surface area contributed by atoms with E-state index in [4.69, 9.17) is 14.9 Å². The lowest BCUT2D eigenvalue weighted by Crippen LogP contribution is -2.24. The first kappa shape index (κ1) is 21.9. The number of amides is 1. The first-order chi connectivity index (χ1) is 17.4. The van der Waals surface area contributed by atoms with Crippen LogP contribution in [0, 0.1) is 13.8 Å². The van der Waals surface area contributed by atoms with Crippen molar-refractivity contribution in [1.29, 1.82) is 0 Å². The van der Waals surface area contributed by atoms with Crippen LogP contribution < -0.4 is 15.8 Å². The van der Waals surface area contributed by atoms with Crippen LogP contribution in [0.2, 0.25) is 0 Å². The maximum Gasteiger partial charge on any atom is 0.251 e. The number of ether oxygens (including phenoxy) is 1. The van der Waals surface area contributed by atoms with Crippen LogP contribution in [-0.2, 0) is 6.54 Å². The van der Waals surface area contributed by atoms with E-state index in [1.807, 2.05) is 50.2 Å². The number of nitrogen functional groups attached to an aromatic ring is 1. The fourth-order valence-electron chi connectivity index (χ4n) is 4.89. The lowest BCUT2D eigenvalue weighted by molar-refractivity contribution is 0.0951. The van der Waals surface area contributed by atoms with Crippen molar-refractivity contribution in [2.45, 2.75) is 20.4 Å². The molecule has 1 amide bonds. The molecule has 0 aliphatic carbocycles. The van der Waals surface area contributed by atoms with Crippen molar-refractivity contribution in [2.24, 2.45) is 0 Å². The summed E-state index contributed by atoms with van der Waals surface area (Å²) in [7, 11) is 1.60. The molecule has 7 nitrogen and oxygen atoms in total. The van der Waals surface area contributed by atoms with Crippen molar-refractivity contribution in [1.82, 2.24) is 15.3 Å². The van der Waals surface area contributed by atoms with Gasteiger partial charge in [-0.2, -0.15) is 0 Å². The third-order valence-electron chi connectivity index (χ3n) is 6.76. The number of nitrogens with one attached hydrogen (secondary N) is 1. The second-order valence-corrected chi connectivity index (χ2v) is 8.98. The molecule has 0 spiro atoms. The number of carbonyl (C=O) groups excluding carboxylic acids is 1. The van der Waals surface area contributed by atoms with Gasteiger partial charge in [0.25, 0.3) is 5.91 Å². The van der Waals surface area contributed by atoms with E-state index < -0.39 is 0 Å². The quantitative estimate of drug-likeness (QED) is 0.306. The highest BCUT2D eigenvalue weighted by atomic mass is 16.5. The zero-order valence-corrected chi connectivity index (χ0v) is 20.2. The molecule has 178 valence electrons. The Kier molecular flexibility index (Phi) is 5.00. The molecule has 0 saturated carbocycles. The number of methoxy groups -OCH3 is 1. The molecule has 0 aliphatic rings. The van der Waals surface area contributed by atoms with Gasteiger partial charge >= 0.3 is 0 Å². The van der Waals surface area contributed by atoms with Crippen molar-refractivity contribution in [2.75, 3.05) is 12.8 Å². The number of benzene rings is 3. The average molecular weight is 477 g/mol. The maximum atomic E-state index is 13.0. The molecule has 6 aromatic rings. The number of furan rings is 2. The van der Waals surface area contributed by atoms with Crippen LogP contribution in [0.15, 0.2) is 65.2 Å². The summed E-state index contributed by atoms with van der Waals surface area (Å²) >= 11 is 0. The van der Waals surface area contributed by atoms with Gasteiger partial charge in [-0.05, 0) is 73.0 Å². The van der Waals surface area contributed by atoms with Crippen LogP contribution >= 0.6 is 0 Å². The second-order valence-electron chi connectivity index (χ2n) is 8.98. The Labute approximate surface area is 207 Å². The van der Waals surface area contributed by atoms with Crippen LogP contribution in [0.1, 0.15) is 27.2 Å².